The predicted molar refractivity (Wildman–Crippen MR) is 68.4 cm³/mol. The van der Waals surface area contributed by atoms with Crippen LogP contribution in [0.1, 0.15) is 39.0 Å². The van der Waals surface area contributed by atoms with Crippen LogP contribution in [0.5, 0.6) is 0 Å². The van der Waals surface area contributed by atoms with Crippen molar-refractivity contribution in [3.05, 3.63) is 0 Å². The van der Waals surface area contributed by atoms with Crippen LogP contribution < -0.4 is 0 Å². The average Bonchev–Trinajstić information content (AvgIpc) is 2.81. The second kappa shape index (κ2) is 6.97. The molecule has 0 aromatic rings. The maximum atomic E-state index is 11.4. The first-order valence-corrected chi connectivity index (χ1v) is 8.22. The van der Waals surface area contributed by atoms with E-state index in [2.05, 4.69) is 11.0 Å². The van der Waals surface area contributed by atoms with Crippen molar-refractivity contribution in [1.82, 2.24) is 4.90 Å². The summed E-state index contributed by atoms with van der Waals surface area (Å²) in [4.78, 5) is 2.15. The Labute approximate surface area is 105 Å². The lowest BCUT2D eigenvalue weighted by molar-refractivity contribution is 0.223. The van der Waals surface area contributed by atoms with Crippen LogP contribution in [0.25, 0.3) is 0 Å². The van der Waals surface area contributed by atoms with Gasteiger partial charge in [0.15, 0.2) is 0 Å². The van der Waals surface area contributed by atoms with Crippen molar-refractivity contribution in [3.8, 4) is 6.07 Å². The van der Waals surface area contributed by atoms with Gasteiger partial charge in [0.05, 0.1) is 18.4 Å². The molecule has 0 atom stereocenters. The molecule has 0 bridgehead atoms. The van der Waals surface area contributed by atoms with Crippen LogP contribution in [0.4, 0.5) is 0 Å². The van der Waals surface area contributed by atoms with E-state index in [1.807, 2.05) is 0 Å². The normalized spacial score (nSPS) is 17.5. The zero-order valence-corrected chi connectivity index (χ0v) is 11.4. The molecule has 1 aliphatic carbocycles. The van der Waals surface area contributed by atoms with Crippen LogP contribution >= 0.6 is 0 Å². The highest BCUT2D eigenvalue weighted by Crippen LogP contribution is 2.23. The van der Waals surface area contributed by atoms with Gasteiger partial charge in [-0.15, -0.1) is 0 Å². The van der Waals surface area contributed by atoms with Gasteiger partial charge in [0.1, 0.15) is 9.84 Å². The molecule has 0 aromatic heterocycles. The third kappa shape index (κ3) is 5.05. The van der Waals surface area contributed by atoms with Crippen molar-refractivity contribution in [2.45, 2.75) is 45.1 Å². The first-order valence-electron chi connectivity index (χ1n) is 6.40. The van der Waals surface area contributed by atoms with E-state index < -0.39 is 9.84 Å². The average molecular weight is 258 g/mol. The van der Waals surface area contributed by atoms with E-state index in [1.165, 1.54) is 12.8 Å². The summed E-state index contributed by atoms with van der Waals surface area (Å²) in [7, 11) is -2.86. The van der Waals surface area contributed by atoms with Crippen LogP contribution in [-0.4, -0.2) is 44.0 Å². The highest BCUT2D eigenvalue weighted by molar-refractivity contribution is 7.91. The van der Waals surface area contributed by atoms with E-state index >= 15 is 0 Å². The van der Waals surface area contributed by atoms with Crippen molar-refractivity contribution in [2.75, 3.05) is 24.6 Å². The number of nitriles is 1. The van der Waals surface area contributed by atoms with Crippen LogP contribution in [-0.2, 0) is 9.84 Å². The lowest BCUT2D eigenvalue weighted by Crippen LogP contribution is -2.35. The van der Waals surface area contributed by atoms with Crippen LogP contribution in [0, 0.1) is 11.3 Å². The monoisotopic (exact) mass is 258 g/mol. The van der Waals surface area contributed by atoms with Crippen molar-refractivity contribution < 1.29 is 8.42 Å². The Morgan fingerprint density at radius 1 is 1.35 bits per heavy atom. The van der Waals surface area contributed by atoms with E-state index in [4.69, 9.17) is 5.26 Å². The van der Waals surface area contributed by atoms with Crippen LogP contribution in [0.3, 0.4) is 0 Å². The van der Waals surface area contributed by atoms with Crippen molar-refractivity contribution in [3.63, 3.8) is 0 Å². The summed E-state index contributed by atoms with van der Waals surface area (Å²) in [5, 5.41) is 8.79. The molecule has 0 aliphatic heterocycles. The predicted octanol–water partition coefficient (Wildman–Crippen LogP) is 1.58. The van der Waals surface area contributed by atoms with E-state index in [1.54, 1.807) is 6.92 Å². The number of nitrogens with zero attached hydrogens (tertiary/aromatic N) is 2. The SMILES string of the molecule is CCS(=O)(=O)CCCN(CC#N)C1CCCC1. The fourth-order valence-electron chi connectivity index (χ4n) is 2.38. The van der Waals surface area contributed by atoms with Gasteiger partial charge in [-0.2, -0.15) is 5.26 Å². The molecule has 0 spiro atoms. The first kappa shape index (κ1) is 14.5. The maximum absolute atomic E-state index is 11.4. The molecule has 0 saturated heterocycles. The Morgan fingerprint density at radius 3 is 2.53 bits per heavy atom. The molecule has 1 saturated carbocycles. The Kier molecular flexibility index (Phi) is 5.93. The molecule has 17 heavy (non-hydrogen) atoms. The minimum atomic E-state index is -2.86. The van der Waals surface area contributed by atoms with Gasteiger partial charge in [-0.05, 0) is 19.3 Å². The molecule has 5 heteroatoms. The number of sulfone groups is 1. The van der Waals surface area contributed by atoms with Crippen LogP contribution in [0.15, 0.2) is 0 Å². The van der Waals surface area contributed by atoms with Crippen LogP contribution in [0.2, 0.25) is 0 Å². The molecule has 0 N–H and O–H groups in total. The highest BCUT2D eigenvalue weighted by atomic mass is 32.2. The molecular weight excluding hydrogens is 236 g/mol. The number of hydrogen-bond acceptors (Lipinski definition) is 4. The molecule has 1 fully saturated rings. The van der Waals surface area contributed by atoms with Gasteiger partial charge in [0, 0.05) is 18.3 Å². The van der Waals surface area contributed by atoms with E-state index in [0.717, 1.165) is 19.4 Å². The summed E-state index contributed by atoms with van der Waals surface area (Å²) in [5.74, 6) is 0.465. The lowest BCUT2D eigenvalue weighted by Gasteiger charge is -2.25. The Morgan fingerprint density at radius 2 is 2.00 bits per heavy atom. The fraction of sp³-hybridized carbons (Fsp3) is 0.917. The second-order valence-electron chi connectivity index (χ2n) is 4.66. The Hall–Kier alpha value is -0.600. The first-order chi connectivity index (χ1) is 8.09. The topological polar surface area (TPSA) is 61.2 Å². The minimum absolute atomic E-state index is 0.217. The van der Waals surface area contributed by atoms with Gasteiger partial charge in [-0.3, -0.25) is 4.90 Å². The van der Waals surface area contributed by atoms with E-state index in [-0.39, 0.29) is 11.5 Å². The van der Waals surface area contributed by atoms with E-state index in [0.29, 0.717) is 19.0 Å². The molecular formula is C12H22N2O2S. The lowest BCUT2D eigenvalue weighted by atomic mass is 10.2. The summed E-state index contributed by atoms with van der Waals surface area (Å²) in [5.41, 5.74) is 0. The standard InChI is InChI=1S/C12H22N2O2S/c1-2-17(15,16)11-5-9-14(10-8-13)12-6-3-4-7-12/h12H,2-7,9-11H2,1H3. The Balaban J connectivity index is 2.37. The molecule has 0 aromatic carbocycles. The van der Waals surface area contributed by atoms with Gasteiger partial charge >= 0.3 is 0 Å². The smallest absolute Gasteiger partial charge is 0.150 e. The molecule has 0 amide bonds. The zero-order valence-electron chi connectivity index (χ0n) is 10.6. The third-order valence-electron chi connectivity index (χ3n) is 3.46. The number of hydrogen-bond donors (Lipinski definition) is 0. The minimum Gasteiger partial charge on any atom is -0.288 e. The molecule has 0 radical (unpaired) electrons. The van der Waals surface area contributed by atoms with Crippen molar-refractivity contribution >= 4 is 9.84 Å². The molecule has 0 unspecified atom stereocenters. The highest BCUT2D eigenvalue weighted by Gasteiger charge is 2.22. The summed E-state index contributed by atoms with van der Waals surface area (Å²) in [6, 6.07) is 2.68. The summed E-state index contributed by atoms with van der Waals surface area (Å²) in [6.07, 6.45) is 5.43. The quantitative estimate of drug-likeness (QED) is 0.650. The van der Waals surface area contributed by atoms with Crippen molar-refractivity contribution in [2.24, 2.45) is 0 Å². The van der Waals surface area contributed by atoms with Gasteiger partial charge in [0.2, 0.25) is 0 Å². The van der Waals surface area contributed by atoms with Gasteiger partial charge in [-0.25, -0.2) is 8.42 Å². The van der Waals surface area contributed by atoms with Gasteiger partial charge in [-0.1, -0.05) is 19.8 Å². The molecule has 0 heterocycles. The maximum Gasteiger partial charge on any atom is 0.150 e. The second-order valence-corrected chi connectivity index (χ2v) is 7.13. The summed E-state index contributed by atoms with van der Waals surface area (Å²) in [6.45, 7) is 2.84. The fourth-order valence-corrected chi connectivity index (χ4v) is 3.24. The number of rotatable bonds is 7. The summed E-state index contributed by atoms with van der Waals surface area (Å²) < 4.78 is 22.8. The van der Waals surface area contributed by atoms with E-state index in [9.17, 15) is 8.42 Å². The largest absolute Gasteiger partial charge is 0.288 e. The van der Waals surface area contributed by atoms with Crippen molar-refractivity contribution in [1.29, 1.82) is 5.26 Å². The molecule has 1 rings (SSSR count). The third-order valence-corrected chi connectivity index (χ3v) is 5.25. The van der Waals surface area contributed by atoms with Gasteiger partial charge in [0.25, 0.3) is 0 Å². The van der Waals surface area contributed by atoms with Gasteiger partial charge < -0.3 is 0 Å². The Bertz CT molecular complexity index is 353. The summed E-state index contributed by atoms with van der Waals surface area (Å²) >= 11 is 0. The molecule has 98 valence electrons. The zero-order chi connectivity index (χ0) is 12.7. The molecule has 4 nitrogen and oxygen atoms in total. The molecule has 1 aliphatic rings.